The zero-order chi connectivity index (χ0) is 10.1. The molecular formula is C10H10ClNO2. The number of rotatable bonds is 2. The molecule has 2 aromatic rings. The molecule has 0 N–H and O–H groups in total. The highest BCUT2D eigenvalue weighted by Gasteiger charge is 2.12. The molecule has 0 aliphatic rings. The lowest BCUT2D eigenvalue weighted by molar-refractivity contribution is 0.502. The van der Waals surface area contributed by atoms with Crippen LogP contribution in [0, 0.1) is 13.8 Å². The van der Waals surface area contributed by atoms with E-state index in [4.69, 9.17) is 20.4 Å². The third-order valence-electron chi connectivity index (χ3n) is 1.96. The Morgan fingerprint density at radius 2 is 2.21 bits per heavy atom. The lowest BCUT2D eigenvalue weighted by Gasteiger charge is -1.89. The number of nitrogens with zero attached hydrogens (tertiary/aromatic N) is 1. The lowest BCUT2D eigenvalue weighted by atomic mass is 10.2. The minimum atomic E-state index is 0.360. The second kappa shape index (κ2) is 3.50. The van der Waals surface area contributed by atoms with Crippen molar-refractivity contribution in [2.45, 2.75) is 19.7 Å². The SMILES string of the molecule is Cc1cc(-c2nc(CCl)co2)c(C)o1. The summed E-state index contributed by atoms with van der Waals surface area (Å²) in [6, 6.07) is 1.90. The Kier molecular flexibility index (Phi) is 2.33. The van der Waals surface area contributed by atoms with Gasteiger partial charge in [-0.2, -0.15) is 0 Å². The van der Waals surface area contributed by atoms with Crippen molar-refractivity contribution < 1.29 is 8.83 Å². The first-order valence-electron chi connectivity index (χ1n) is 4.28. The molecule has 0 radical (unpaired) electrons. The summed E-state index contributed by atoms with van der Waals surface area (Å²) in [6.07, 6.45) is 1.56. The van der Waals surface area contributed by atoms with E-state index in [9.17, 15) is 0 Å². The fourth-order valence-electron chi connectivity index (χ4n) is 1.34. The van der Waals surface area contributed by atoms with E-state index in [2.05, 4.69) is 4.98 Å². The fourth-order valence-corrected chi connectivity index (χ4v) is 1.46. The van der Waals surface area contributed by atoms with Crippen molar-refractivity contribution in [1.82, 2.24) is 4.98 Å². The molecule has 0 aliphatic heterocycles. The van der Waals surface area contributed by atoms with E-state index in [1.54, 1.807) is 6.26 Å². The highest BCUT2D eigenvalue weighted by molar-refractivity contribution is 6.16. The Morgan fingerprint density at radius 1 is 1.43 bits per heavy atom. The summed E-state index contributed by atoms with van der Waals surface area (Å²) in [6.45, 7) is 3.77. The lowest BCUT2D eigenvalue weighted by Crippen LogP contribution is -1.79. The first-order chi connectivity index (χ1) is 6.70. The molecule has 0 aliphatic carbocycles. The molecule has 0 unspecified atom stereocenters. The van der Waals surface area contributed by atoms with E-state index >= 15 is 0 Å². The van der Waals surface area contributed by atoms with Gasteiger partial charge < -0.3 is 8.83 Å². The van der Waals surface area contributed by atoms with Gasteiger partial charge in [-0.05, 0) is 19.9 Å². The standard InChI is InChI=1S/C10H10ClNO2/c1-6-3-9(7(2)14-6)10-12-8(4-11)5-13-10/h3,5H,4H2,1-2H3. The van der Waals surface area contributed by atoms with Crippen LogP contribution in [-0.4, -0.2) is 4.98 Å². The van der Waals surface area contributed by atoms with Gasteiger partial charge in [-0.15, -0.1) is 11.6 Å². The largest absolute Gasteiger partial charge is 0.466 e. The van der Waals surface area contributed by atoms with Gasteiger partial charge in [0.1, 0.15) is 17.8 Å². The normalized spacial score (nSPS) is 10.8. The number of oxazole rings is 1. The maximum Gasteiger partial charge on any atom is 0.229 e. The van der Waals surface area contributed by atoms with E-state index in [0.29, 0.717) is 11.8 Å². The van der Waals surface area contributed by atoms with Gasteiger partial charge in [0.25, 0.3) is 0 Å². The van der Waals surface area contributed by atoms with Crippen molar-refractivity contribution in [1.29, 1.82) is 0 Å². The average Bonchev–Trinajstić information content (AvgIpc) is 2.71. The minimum Gasteiger partial charge on any atom is -0.466 e. The molecule has 0 saturated carbocycles. The summed E-state index contributed by atoms with van der Waals surface area (Å²) in [5.74, 6) is 2.59. The van der Waals surface area contributed by atoms with Crippen LogP contribution in [0.25, 0.3) is 11.5 Å². The predicted molar refractivity (Wildman–Crippen MR) is 53.2 cm³/mol. The van der Waals surface area contributed by atoms with Gasteiger partial charge in [0, 0.05) is 0 Å². The quantitative estimate of drug-likeness (QED) is 0.716. The van der Waals surface area contributed by atoms with E-state index in [0.717, 1.165) is 22.8 Å². The van der Waals surface area contributed by atoms with Gasteiger partial charge in [0.15, 0.2) is 0 Å². The van der Waals surface area contributed by atoms with Crippen LogP contribution in [-0.2, 0) is 5.88 Å². The monoisotopic (exact) mass is 211 g/mol. The molecule has 74 valence electrons. The van der Waals surface area contributed by atoms with Crippen LogP contribution in [0.2, 0.25) is 0 Å². The Balaban J connectivity index is 2.43. The van der Waals surface area contributed by atoms with Crippen LogP contribution in [0.3, 0.4) is 0 Å². The Morgan fingerprint density at radius 3 is 2.71 bits per heavy atom. The van der Waals surface area contributed by atoms with Crippen molar-refractivity contribution in [2.75, 3.05) is 0 Å². The number of hydrogen-bond acceptors (Lipinski definition) is 3. The third-order valence-corrected chi connectivity index (χ3v) is 2.23. The Labute approximate surface area is 86.7 Å². The topological polar surface area (TPSA) is 39.2 Å². The van der Waals surface area contributed by atoms with Gasteiger partial charge >= 0.3 is 0 Å². The van der Waals surface area contributed by atoms with Gasteiger partial charge in [0.05, 0.1) is 17.1 Å². The van der Waals surface area contributed by atoms with Crippen molar-refractivity contribution in [2.24, 2.45) is 0 Å². The molecule has 2 rings (SSSR count). The molecule has 0 spiro atoms. The van der Waals surface area contributed by atoms with E-state index in [1.165, 1.54) is 0 Å². The molecule has 0 fully saturated rings. The zero-order valence-corrected chi connectivity index (χ0v) is 8.76. The fraction of sp³-hybridized carbons (Fsp3) is 0.300. The molecule has 0 amide bonds. The minimum absolute atomic E-state index is 0.360. The average molecular weight is 212 g/mol. The van der Waals surface area contributed by atoms with Crippen LogP contribution in [0.1, 0.15) is 17.2 Å². The molecule has 0 saturated heterocycles. The number of aryl methyl sites for hydroxylation is 2. The van der Waals surface area contributed by atoms with E-state index in [1.807, 2.05) is 19.9 Å². The van der Waals surface area contributed by atoms with Crippen molar-refractivity contribution in [3.63, 3.8) is 0 Å². The molecule has 0 bridgehead atoms. The number of aromatic nitrogens is 1. The van der Waals surface area contributed by atoms with E-state index in [-0.39, 0.29) is 0 Å². The van der Waals surface area contributed by atoms with E-state index < -0.39 is 0 Å². The van der Waals surface area contributed by atoms with Crippen molar-refractivity contribution >= 4 is 11.6 Å². The first kappa shape index (κ1) is 9.34. The number of furan rings is 1. The summed E-state index contributed by atoms with van der Waals surface area (Å²) in [5, 5.41) is 0. The van der Waals surface area contributed by atoms with Crippen LogP contribution in [0.15, 0.2) is 21.2 Å². The van der Waals surface area contributed by atoms with Gasteiger partial charge in [-0.1, -0.05) is 0 Å². The number of halogens is 1. The maximum atomic E-state index is 5.63. The summed E-state index contributed by atoms with van der Waals surface area (Å²) in [4.78, 5) is 4.21. The Hall–Kier alpha value is -1.22. The van der Waals surface area contributed by atoms with Crippen molar-refractivity contribution in [3.8, 4) is 11.5 Å². The molecule has 4 heteroatoms. The van der Waals surface area contributed by atoms with Crippen LogP contribution < -0.4 is 0 Å². The molecule has 2 aromatic heterocycles. The second-order valence-electron chi connectivity index (χ2n) is 3.10. The van der Waals surface area contributed by atoms with Crippen LogP contribution >= 0.6 is 11.6 Å². The maximum absolute atomic E-state index is 5.63. The van der Waals surface area contributed by atoms with Gasteiger partial charge in [0.2, 0.25) is 5.89 Å². The summed E-state index contributed by atoms with van der Waals surface area (Å²) in [5.41, 5.74) is 1.62. The number of alkyl halides is 1. The first-order valence-corrected chi connectivity index (χ1v) is 4.82. The zero-order valence-electron chi connectivity index (χ0n) is 8.00. The molecular weight excluding hydrogens is 202 g/mol. The highest BCUT2D eigenvalue weighted by atomic mass is 35.5. The predicted octanol–water partition coefficient (Wildman–Crippen LogP) is 3.29. The molecule has 14 heavy (non-hydrogen) atoms. The summed E-state index contributed by atoms with van der Waals surface area (Å²) < 4.78 is 10.7. The van der Waals surface area contributed by atoms with Crippen LogP contribution in [0.5, 0.6) is 0 Å². The molecule has 0 atom stereocenters. The van der Waals surface area contributed by atoms with Gasteiger partial charge in [-0.25, -0.2) is 4.98 Å². The summed E-state index contributed by atoms with van der Waals surface area (Å²) >= 11 is 5.63. The molecule has 3 nitrogen and oxygen atoms in total. The summed E-state index contributed by atoms with van der Waals surface area (Å²) in [7, 11) is 0. The highest BCUT2D eigenvalue weighted by Crippen LogP contribution is 2.25. The Bertz CT molecular complexity index is 445. The van der Waals surface area contributed by atoms with Gasteiger partial charge in [-0.3, -0.25) is 0 Å². The number of hydrogen-bond donors (Lipinski definition) is 0. The molecule has 2 heterocycles. The third kappa shape index (κ3) is 1.55. The second-order valence-corrected chi connectivity index (χ2v) is 3.37. The van der Waals surface area contributed by atoms with Crippen LogP contribution in [0.4, 0.5) is 0 Å². The molecule has 0 aromatic carbocycles. The smallest absolute Gasteiger partial charge is 0.229 e. The van der Waals surface area contributed by atoms with Crippen molar-refractivity contribution in [3.05, 3.63) is 29.5 Å².